The van der Waals surface area contributed by atoms with Gasteiger partial charge in [-0.2, -0.15) is 0 Å². The Bertz CT molecular complexity index is 350. The van der Waals surface area contributed by atoms with Gasteiger partial charge in [0.25, 0.3) is 0 Å². The van der Waals surface area contributed by atoms with Crippen LogP contribution in [0, 0.1) is 0 Å². The summed E-state index contributed by atoms with van der Waals surface area (Å²) in [5.74, 6) is -1.02. The highest BCUT2D eigenvalue weighted by atomic mass is 16.4. The topological polar surface area (TPSA) is 69.6 Å². The molecule has 0 saturated heterocycles. The third-order valence-electron chi connectivity index (χ3n) is 2.82. The van der Waals surface area contributed by atoms with Gasteiger partial charge in [-0.25, -0.2) is 4.79 Å². The van der Waals surface area contributed by atoms with Crippen molar-refractivity contribution in [3.8, 4) is 0 Å². The van der Waals surface area contributed by atoms with Crippen LogP contribution in [0.5, 0.6) is 0 Å². The van der Waals surface area contributed by atoms with Crippen molar-refractivity contribution in [2.24, 2.45) is 0 Å². The molecule has 2 amide bonds. The van der Waals surface area contributed by atoms with Crippen LogP contribution in [-0.2, 0) is 4.79 Å². The first-order chi connectivity index (χ1) is 8.63. The minimum absolute atomic E-state index is 0.237. The zero-order chi connectivity index (χ0) is 13.4. The summed E-state index contributed by atoms with van der Waals surface area (Å²) in [7, 11) is 0. The molecular weight excluding hydrogens is 232 g/mol. The van der Waals surface area contributed by atoms with Gasteiger partial charge in [-0.15, -0.1) is 6.58 Å². The van der Waals surface area contributed by atoms with Gasteiger partial charge in [0.05, 0.1) is 0 Å². The van der Waals surface area contributed by atoms with Crippen LogP contribution in [0.1, 0.15) is 25.7 Å². The fraction of sp³-hybridized carbons (Fsp3) is 0.538. The van der Waals surface area contributed by atoms with Gasteiger partial charge in [0.2, 0.25) is 0 Å². The van der Waals surface area contributed by atoms with E-state index in [9.17, 15) is 9.59 Å². The highest BCUT2D eigenvalue weighted by molar-refractivity contribution is 5.80. The zero-order valence-electron chi connectivity index (χ0n) is 10.5. The molecule has 1 rings (SSSR count). The molecular formula is C13H20N2O3. The van der Waals surface area contributed by atoms with E-state index < -0.39 is 5.97 Å². The molecule has 0 aliphatic heterocycles. The zero-order valence-corrected chi connectivity index (χ0v) is 10.5. The fourth-order valence-electron chi connectivity index (χ4n) is 1.94. The Labute approximate surface area is 107 Å². The first-order valence-electron chi connectivity index (χ1n) is 6.17. The standard InChI is InChI=1S/C13H20N2O3/c1-2-9-15(10-12(16)17)13(18)14-8-7-11-5-3-4-6-11/h2,5H,1,3-4,6-10H2,(H,14,18)(H,16,17). The predicted molar refractivity (Wildman–Crippen MR) is 69.4 cm³/mol. The van der Waals surface area contributed by atoms with Crippen LogP contribution in [0.15, 0.2) is 24.3 Å². The van der Waals surface area contributed by atoms with Crippen molar-refractivity contribution in [3.05, 3.63) is 24.3 Å². The number of nitrogens with zero attached hydrogens (tertiary/aromatic N) is 1. The third kappa shape index (κ3) is 5.03. The van der Waals surface area contributed by atoms with E-state index in [4.69, 9.17) is 5.11 Å². The molecule has 0 heterocycles. The van der Waals surface area contributed by atoms with Crippen LogP contribution in [0.3, 0.4) is 0 Å². The van der Waals surface area contributed by atoms with Crippen molar-refractivity contribution >= 4 is 12.0 Å². The van der Waals surface area contributed by atoms with Gasteiger partial charge in [0, 0.05) is 13.1 Å². The highest BCUT2D eigenvalue weighted by Crippen LogP contribution is 2.19. The van der Waals surface area contributed by atoms with E-state index in [-0.39, 0.29) is 19.1 Å². The summed E-state index contributed by atoms with van der Waals surface area (Å²) in [6.07, 6.45) is 8.02. The van der Waals surface area contributed by atoms with Crippen molar-refractivity contribution in [2.75, 3.05) is 19.6 Å². The lowest BCUT2D eigenvalue weighted by molar-refractivity contribution is -0.137. The summed E-state index contributed by atoms with van der Waals surface area (Å²) < 4.78 is 0. The Kier molecular flexibility index (Phi) is 5.97. The summed E-state index contributed by atoms with van der Waals surface area (Å²) in [5.41, 5.74) is 1.38. The number of carbonyl (C=O) groups is 2. The number of allylic oxidation sites excluding steroid dienone is 1. The number of rotatable bonds is 7. The molecule has 0 spiro atoms. The first-order valence-corrected chi connectivity index (χ1v) is 6.17. The number of hydrogen-bond acceptors (Lipinski definition) is 2. The molecule has 1 aliphatic carbocycles. The second-order valence-electron chi connectivity index (χ2n) is 4.30. The van der Waals surface area contributed by atoms with Crippen LogP contribution in [0.2, 0.25) is 0 Å². The second-order valence-corrected chi connectivity index (χ2v) is 4.30. The van der Waals surface area contributed by atoms with Gasteiger partial charge >= 0.3 is 12.0 Å². The van der Waals surface area contributed by atoms with Crippen LogP contribution < -0.4 is 5.32 Å². The van der Waals surface area contributed by atoms with Gasteiger partial charge < -0.3 is 15.3 Å². The third-order valence-corrected chi connectivity index (χ3v) is 2.82. The predicted octanol–water partition coefficient (Wildman–Crippen LogP) is 1.77. The second kappa shape index (κ2) is 7.53. The number of nitrogens with one attached hydrogen (secondary N) is 1. The molecule has 0 fully saturated rings. The van der Waals surface area contributed by atoms with Crippen molar-refractivity contribution in [3.63, 3.8) is 0 Å². The van der Waals surface area contributed by atoms with E-state index in [2.05, 4.69) is 18.0 Å². The van der Waals surface area contributed by atoms with Crippen LogP contribution in [0.4, 0.5) is 4.79 Å². The number of hydrogen-bond donors (Lipinski definition) is 2. The molecule has 0 aromatic heterocycles. The lowest BCUT2D eigenvalue weighted by Gasteiger charge is -2.19. The van der Waals surface area contributed by atoms with Gasteiger partial charge in [0.15, 0.2) is 0 Å². The molecule has 2 N–H and O–H groups in total. The highest BCUT2D eigenvalue weighted by Gasteiger charge is 2.14. The van der Waals surface area contributed by atoms with Crippen molar-refractivity contribution in [2.45, 2.75) is 25.7 Å². The molecule has 1 aliphatic rings. The summed E-state index contributed by atoms with van der Waals surface area (Å²) in [6, 6.07) is -0.351. The molecule has 0 aromatic rings. The average molecular weight is 252 g/mol. The molecule has 5 nitrogen and oxygen atoms in total. The van der Waals surface area contributed by atoms with Gasteiger partial charge in [0.1, 0.15) is 6.54 Å². The van der Waals surface area contributed by atoms with E-state index in [0.717, 1.165) is 19.3 Å². The maximum absolute atomic E-state index is 11.7. The molecule has 5 heteroatoms. The summed E-state index contributed by atoms with van der Waals surface area (Å²) in [4.78, 5) is 23.6. The number of urea groups is 1. The van der Waals surface area contributed by atoms with Gasteiger partial charge in [-0.05, 0) is 25.7 Å². The minimum atomic E-state index is -1.02. The number of carboxylic acids is 1. The summed E-state index contributed by atoms with van der Waals surface area (Å²) in [6.45, 7) is 4.00. The van der Waals surface area contributed by atoms with Gasteiger partial charge in [-0.3, -0.25) is 4.79 Å². The Morgan fingerprint density at radius 2 is 2.33 bits per heavy atom. The van der Waals surface area contributed by atoms with Crippen LogP contribution >= 0.6 is 0 Å². The van der Waals surface area contributed by atoms with E-state index in [0.29, 0.717) is 6.54 Å². The molecule has 0 bridgehead atoms. The lowest BCUT2D eigenvalue weighted by atomic mass is 10.2. The monoisotopic (exact) mass is 252 g/mol. The fourth-order valence-corrected chi connectivity index (χ4v) is 1.94. The normalized spacial score (nSPS) is 13.9. The summed E-state index contributed by atoms with van der Waals surface area (Å²) in [5, 5.41) is 11.4. The number of carboxylic acid groups (broad SMARTS) is 1. The van der Waals surface area contributed by atoms with Crippen molar-refractivity contribution < 1.29 is 14.7 Å². The molecule has 100 valence electrons. The van der Waals surface area contributed by atoms with E-state index in [1.807, 2.05) is 0 Å². The van der Waals surface area contributed by atoms with E-state index in [1.54, 1.807) is 0 Å². The molecule has 0 unspecified atom stereocenters. The Hall–Kier alpha value is -1.78. The molecule has 0 saturated carbocycles. The summed E-state index contributed by atoms with van der Waals surface area (Å²) >= 11 is 0. The number of aliphatic carboxylic acids is 1. The van der Waals surface area contributed by atoms with Gasteiger partial charge in [-0.1, -0.05) is 17.7 Å². The smallest absolute Gasteiger partial charge is 0.323 e. The number of amides is 2. The lowest BCUT2D eigenvalue weighted by Crippen LogP contribution is -2.43. The van der Waals surface area contributed by atoms with E-state index in [1.165, 1.54) is 23.0 Å². The van der Waals surface area contributed by atoms with E-state index >= 15 is 0 Å². The quantitative estimate of drug-likeness (QED) is 0.678. The maximum Gasteiger partial charge on any atom is 0.323 e. The SMILES string of the molecule is C=CCN(CC(=O)O)C(=O)NCCC1=CCCC1. The van der Waals surface area contributed by atoms with Crippen LogP contribution in [0.25, 0.3) is 0 Å². The Morgan fingerprint density at radius 3 is 2.89 bits per heavy atom. The van der Waals surface area contributed by atoms with Crippen molar-refractivity contribution in [1.29, 1.82) is 0 Å². The molecule has 0 aromatic carbocycles. The van der Waals surface area contributed by atoms with Crippen LogP contribution in [-0.4, -0.2) is 41.6 Å². The minimum Gasteiger partial charge on any atom is -0.480 e. The maximum atomic E-state index is 11.7. The first kappa shape index (κ1) is 14.3. The Morgan fingerprint density at radius 1 is 1.56 bits per heavy atom. The van der Waals surface area contributed by atoms with Crippen molar-refractivity contribution in [1.82, 2.24) is 10.2 Å². The average Bonchev–Trinajstić information content (AvgIpc) is 2.81. The molecule has 0 atom stereocenters. The molecule has 18 heavy (non-hydrogen) atoms. The number of carbonyl (C=O) groups excluding carboxylic acids is 1. The molecule has 0 radical (unpaired) electrons. The Balaban J connectivity index is 2.31. The largest absolute Gasteiger partial charge is 0.480 e.